The number of para-hydroxylation sites is 1. The van der Waals surface area contributed by atoms with Crippen LogP contribution in [0.5, 0.6) is 0 Å². The summed E-state index contributed by atoms with van der Waals surface area (Å²) in [5, 5.41) is 0. The SMILES string of the molecule is CCC(=O)c1cc(-c2ccc3c(c2)N(C(C)=O)CCC3(C)C)n(-c2ccccc2)c1C. The highest BCUT2D eigenvalue weighted by Gasteiger charge is 2.33. The van der Waals surface area contributed by atoms with Crippen LogP contribution in [0.15, 0.2) is 54.6 Å². The second-order valence-electron chi connectivity index (χ2n) is 9.01. The minimum absolute atomic E-state index is 0.0144. The third-order valence-electron chi connectivity index (χ3n) is 6.54. The van der Waals surface area contributed by atoms with Crippen molar-refractivity contribution >= 4 is 17.4 Å². The number of ketones is 1. The molecule has 4 rings (SSSR count). The summed E-state index contributed by atoms with van der Waals surface area (Å²) in [7, 11) is 0. The molecule has 31 heavy (non-hydrogen) atoms. The second kappa shape index (κ2) is 7.84. The minimum atomic E-state index is 0.0144. The number of aromatic nitrogens is 1. The highest BCUT2D eigenvalue weighted by atomic mass is 16.2. The molecule has 0 unspecified atom stereocenters. The molecule has 1 amide bonds. The van der Waals surface area contributed by atoms with E-state index in [1.807, 2.05) is 43.0 Å². The molecule has 0 radical (unpaired) electrons. The predicted octanol–water partition coefficient (Wildman–Crippen LogP) is 6.08. The number of anilines is 1. The van der Waals surface area contributed by atoms with E-state index in [1.165, 1.54) is 5.56 Å². The maximum Gasteiger partial charge on any atom is 0.223 e. The first kappa shape index (κ1) is 21.1. The van der Waals surface area contributed by atoms with Crippen molar-refractivity contribution in [3.63, 3.8) is 0 Å². The van der Waals surface area contributed by atoms with E-state index >= 15 is 0 Å². The number of rotatable bonds is 4. The zero-order valence-electron chi connectivity index (χ0n) is 19.0. The van der Waals surface area contributed by atoms with Crippen LogP contribution in [0.2, 0.25) is 0 Å². The molecule has 2 heterocycles. The summed E-state index contributed by atoms with van der Waals surface area (Å²) in [6.45, 7) is 10.7. The summed E-state index contributed by atoms with van der Waals surface area (Å²) < 4.78 is 2.15. The second-order valence-corrected chi connectivity index (χ2v) is 9.01. The summed E-state index contributed by atoms with van der Waals surface area (Å²) in [4.78, 5) is 26.9. The Kier molecular flexibility index (Phi) is 5.34. The average molecular weight is 415 g/mol. The molecule has 4 nitrogen and oxygen atoms in total. The van der Waals surface area contributed by atoms with Gasteiger partial charge in [0.25, 0.3) is 0 Å². The van der Waals surface area contributed by atoms with Crippen LogP contribution in [-0.2, 0) is 10.2 Å². The van der Waals surface area contributed by atoms with Gasteiger partial charge in [-0.25, -0.2) is 0 Å². The monoisotopic (exact) mass is 414 g/mol. The quantitative estimate of drug-likeness (QED) is 0.486. The van der Waals surface area contributed by atoms with Crippen molar-refractivity contribution in [1.82, 2.24) is 4.57 Å². The Balaban J connectivity index is 1.96. The van der Waals surface area contributed by atoms with Crippen LogP contribution in [0.4, 0.5) is 5.69 Å². The van der Waals surface area contributed by atoms with Gasteiger partial charge in [0, 0.05) is 48.1 Å². The third-order valence-corrected chi connectivity index (χ3v) is 6.54. The smallest absolute Gasteiger partial charge is 0.223 e. The van der Waals surface area contributed by atoms with Gasteiger partial charge in [0.2, 0.25) is 5.91 Å². The molecule has 1 aliphatic rings. The van der Waals surface area contributed by atoms with Crippen molar-refractivity contribution in [2.75, 3.05) is 11.4 Å². The van der Waals surface area contributed by atoms with E-state index in [-0.39, 0.29) is 17.1 Å². The van der Waals surface area contributed by atoms with Gasteiger partial charge < -0.3 is 9.47 Å². The van der Waals surface area contributed by atoms with E-state index in [2.05, 4.69) is 48.7 Å². The van der Waals surface area contributed by atoms with Crippen molar-refractivity contribution in [3.05, 3.63) is 71.4 Å². The number of carbonyl (C=O) groups is 2. The molecule has 0 aliphatic carbocycles. The Labute approximate surface area is 184 Å². The number of carbonyl (C=O) groups excluding carboxylic acids is 2. The summed E-state index contributed by atoms with van der Waals surface area (Å²) in [5.41, 5.74) is 6.87. The number of hydrogen-bond donors (Lipinski definition) is 0. The van der Waals surface area contributed by atoms with E-state index in [9.17, 15) is 9.59 Å². The maximum atomic E-state index is 12.7. The van der Waals surface area contributed by atoms with Gasteiger partial charge in [-0.3, -0.25) is 9.59 Å². The fourth-order valence-electron chi connectivity index (χ4n) is 4.66. The van der Waals surface area contributed by atoms with E-state index in [0.717, 1.165) is 46.9 Å². The van der Waals surface area contributed by atoms with Crippen molar-refractivity contribution in [1.29, 1.82) is 0 Å². The Morgan fingerprint density at radius 1 is 1.03 bits per heavy atom. The molecule has 3 aromatic rings. The Morgan fingerprint density at radius 3 is 2.39 bits per heavy atom. The molecule has 0 atom stereocenters. The normalized spacial score (nSPS) is 14.9. The van der Waals surface area contributed by atoms with Crippen LogP contribution in [-0.4, -0.2) is 22.8 Å². The lowest BCUT2D eigenvalue weighted by atomic mass is 9.77. The lowest BCUT2D eigenvalue weighted by Crippen LogP contribution is -2.39. The molecule has 2 aromatic carbocycles. The number of hydrogen-bond acceptors (Lipinski definition) is 2. The van der Waals surface area contributed by atoms with E-state index in [4.69, 9.17) is 0 Å². The van der Waals surface area contributed by atoms with Crippen LogP contribution >= 0.6 is 0 Å². The number of amides is 1. The highest BCUT2D eigenvalue weighted by molar-refractivity contribution is 5.99. The van der Waals surface area contributed by atoms with Gasteiger partial charge in [0.05, 0.1) is 5.69 Å². The molecule has 0 fully saturated rings. The van der Waals surface area contributed by atoms with E-state index < -0.39 is 0 Å². The summed E-state index contributed by atoms with van der Waals surface area (Å²) in [6.07, 6.45) is 1.41. The van der Waals surface area contributed by atoms with Gasteiger partial charge >= 0.3 is 0 Å². The fraction of sp³-hybridized carbons (Fsp3) is 0.333. The summed E-state index contributed by atoms with van der Waals surface area (Å²) >= 11 is 0. The van der Waals surface area contributed by atoms with Crippen LogP contribution in [0.3, 0.4) is 0 Å². The Hall–Kier alpha value is -3.14. The van der Waals surface area contributed by atoms with Crippen molar-refractivity contribution in [2.24, 2.45) is 0 Å². The first-order valence-corrected chi connectivity index (χ1v) is 11.0. The molecular formula is C27H30N2O2. The van der Waals surface area contributed by atoms with Gasteiger partial charge in [0.15, 0.2) is 5.78 Å². The molecule has 4 heteroatoms. The van der Waals surface area contributed by atoms with Gasteiger partial charge in [0.1, 0.15) is 0 Å². The Morgan fingerprint density at radius 2 is 1.74 bits per heavy atom. The van der Waals surface area contributed by atoms with Gasteiger partial charge in [-0.2, -0.15) is 0 Å². The molecule has 0 bridgehead atoms. The molecule has 0 saturated heterocycles. The van der Waals surface area contributed by atoms with Gasteiger partial charge in [-0.15, -0.1) is 0 Å². The van der Waals surface area contributed by atoms with Crippen molar-refractivity contribution < 1.29 is 9.59 Å². The zero-order chi connectivity index (χ0) is 22.3. The van der Waals surface area contributed by atoms with Crippen molar-refractivity contribution in [2.45, 2.75) is 52.9 Å². The highest BCUT2D eigenvalue weighted by Crippen LogP contribution is 2.42. The average Bonchev–Trinajstić information content (AvgIpc) is 3.10. The number of Topliss-reactive ketones (excluding diaryl/α,β-unsaturated/α-hetero) is 1. The molecule has 0 spiro atoms. The molecular weight excluding hydrogens is 384 g/mol. The molecule has 0 saturated carbocycles. The van der Waals surface area contributed by atoms with Crippen LogP contribution in [0.25, 0.3) is 16.9 Å². The van der Waals surface area contributed by atoms with Crippen molar-refractivity contribution in [3.8, 4) is 16.9 Å². The molecule has 160 valence electrons. The van der Waals surface area contributed by atoms with Gasteiger partial charge in [-0.1, -0.05) is 51.1 Å². The first-order valence-electron chi connectivity index (χ1n) is 11.0. The Bertz CT molecular complexity index is 1160. The largest absolute Gasteiger partial charge is 0.313 e. The maximum absolute atomic E-state index is 12.7. The molecule has 0 N–H and O–H groups in total. The topological polar surface area (TPSA) is 42.3 Å². The predicted molar refractivity (Wildman–Crippen MR) is 126 cm³/mol. The number of fused-ring (bicyclic) bond motifs is 1. The fourth-order valence-corrected chi connectivity index (χ4v) is 4.66. The van der Waals surface area contributed by atoms with E-state index in [0.29, 0.717) is 6.42 Å². The third kappa shape index (κ3) is 3.60. The number of benzene rings is 2. The minimum Gasteiger partial charge on any atom is -0.313 e. The van der Waals surface area contributed by atoms with Crippen LogP contribution in [0, 0.1) is 6.92 Å². The zero-order valence-corrected chi connectivity index (χ0v) is 19.0. The summed E-state index contributed by atoms with van der Waals surface area (Å²) in [5.74, 6) is 0.197. The van der Waals surface area contributed by atoms with Crippen LogP contribution < -0.4 is 4.90 Å². The number of nitrogens with zero attached hydrogens (tertiary/aromatic N) is 2. The van der Waals surface area contributed by atoms with Gasteiger partial charge in [-0.05, 0) is 48.6 Å². The summed E-state index contributed by atoms with van der Waals surface area (Å²) in [6, 6.07) is 18.5. The van der Waals surface area contributed by atoms with Crippen LogP contribution in [0.1, 0.15) is 62.2 Å². The molecule has 1 aromatic heterocycles. The molecule has 1 aliphatic heterocycles. The lowest BCUT2D eigenvalue weighted by Gasteiger charge is -2.39. The lowest BCUT2D eigenvalue weighted by molar-refractivity contribution is -0.116. The van der Waals surface area contributed by atoms with E-state index in [1.54, 1.807) is 6.92 Å². The standard InChI is InChI=1S/C27H30N2O2/c1-6-26(31)22-17-24(29(18(22)2)21-10-8-7-9-11-21)20-12-13-23-25(16-20)28(19(3)30)15-14-27(23,4)5/h7-13,16-17H,6,14-15H2,1-5H3. The first-order chi connectivity index (χ1) is 14.7.